The van der Waals surface area contributed by atoms with Crippen molar-refractivity contribution >= 4 is 11.0 Å². The van der Waals surface area contributed by atoms with E-state index in [2.05, 4.69) is 20.6 Å². The summed E-state index contributed by atoms with van der Waals surface area (Å²) in [6, 6.07) is 6.98. The van der Waals surface area contributed by atoms with Crippen LogP contribution in [0.3, 0.4) is 0 Å². The molecule has 0 radical (unpaired) electrons. The Morgan fingerprint density at radius 1 is 1.25 bits per heavy atom. The summed E-state index contributed by atoms with van der Waals surface area (Å²) in [4.78, 5) is 12.0. The van der Waals surface area contributed by atoms with E-state index in [1.807, 2.05) is 0 Å². The highest BCUT2D eigenvalue weighted by molar-refractivity contribution is 5.79. The van der Waals surface area contributed by atoms with Crippen LogP contribution in [0.1, 0.15) is 0 Å². The van der Waals surface area contributed by atoms with E-state index in [1.54, 1.807) is 24.3 Å². The number of hydrogen-bond donors (Lipinski definition) is 0. The Hall–Kier alpha value is -2.50. The molecule has 0 aliphatic carbocycles. The first kappa shape index (κ1) is 8.78. The van der Waals surface area contributed by atoms with Crippen LogP contribution in [0.15, 0.2) is 39.7 Å². The molecule has 0 amide bonds. The zero-order chi connectivity index (χ0) is 11.0. The Labute approximate surface area is 88.9 Å². The predicted molar refractivity (Wildman–Crippen MR) is 54.6 cm³/mol. The van der Waals surface area contributed by atoms with Crippen molar-refractivity contribution in [2.24, 2.45) is 0 Å². The minimum atomic E-state index is -0.184. The zero-order valence-electron chi connectivity index (χ0n) is 7.99. The van der Waals surface area contributed by atoms with Crippen molar-refractivity contribution in [3.8, 4) is 11.4 Å². The van der Waals surface area contributed by atoms with Gasteiger partial charge in [0.15, 0.2) is 0 Å². The minimum absolute atomic E-state index is 0.180. The third kappa shape index (κ3) is 1.20. The zero-order valence-corrected chi connectivity index (χ0v) is 7.99. The molecule has 0 aliphatic rings. The molecule has 0 fully saturated rings. The van der Waals surface area contributed by atoms with E-state index in [1.165, 1.54) is 6.26 Å². The second-order valence-corrected chi connectivity index (χ2v) is 3.18. The van der Waals surface area contributed by atoms with Crippen molar-refractivity contribution < 1.29 is 4.42 Å². The second-order valence-electron chi connectivity index (χ2n) is 3.18. The number of nitrogens with zero attached hydrogens (tertiary/aromatic N) is 4. The Kier molecular flexibility index (Phi) is 1.79. The highest BCUT2D eigenvalue weighted by Gasteiger charge is 2.06. The fourth-order valence-electron chi connectivity index (χ4n) is 1.48. The van der Waals surface area contributed by atoms with E-state index in [-0.39, 0.29) is 16.8 Å². The Bertz CT molecular complexity index is 687. The molecular weight excluding hydrogens is 208 g/mol. The van der Waals surface area contributed by atoms with Gasteiger partial charge in [-0.3, -0.25) is 15.1 Å². The predicted octanol–water partition coefficient (Wildman–Crippen LogP) is 0.602. The van der Waals surface area contributed by atoms with Crippen molar-refractivity contribution in [2.75, 3.05) is 0 Å². The van der Waals surface area contributed by atoms with Gasteiger partial charge in [-0.15, -0.1) is 0 Å². The van der Waals surface area contributed by atoms with Crippen molar-refractivity contribution in [1.29, 1.82) is 0 Å². The van der Waals surface area contributed by atoms with E-state index in [4.69, 9.17) is 4.42 Å². The molecule has 6 nitrogen and oxygen atoms in total. The molecular formula is C10H5N4O2-. The lowest BCUT2D eigenvalue weighted by Gasteiger charge is -2.00. The Balaban J connectivity index is 2.37. The fourth-order valence-corrected chi connectivity index (χ4v) is 1.48. The highest BCUT2D eigenvalue weighted by Crippen LogP contribution is 2.14. The van der Waals surface area contributed by atoms with Crippen LogP contribution in [-0.2, 0) is 0 Å². The van der Waals surface area contributed by atoms with Crippen LogP contribution in [0, 0.1) is 0 Å². The van der Waals surface area contributed by atoms with Crippen molar-refractivity contribution in [3.63, 3.8) is 0 Å². The van der Waals surface area contributed by atoms with Crippen LogP contribution in [0.25, 0.3) is 22.4 Å². The summed E-state index contributed by atoms with van der Waals surface area (Å²) in [7, 11) is 0. The molecule has 0 aliphatic heterocycles. The summed E-state index contributed by atoms with van der Waals surface area (Å²) in [5.41, 5.74) is 0.615. The molecule has 78 valence electrons. The molecule has 0 spiro atoms. The number of fused-ring (bicyclic) bond motifs is 1. The van der Waals surface area contributed by atoms with Gasteiger partial charge in [-0.2, -0.15) is 5.21 Å². The number of para-hydroxylation sites is 1. The lowest BCUT2D eigenvalue weighted by molar-refractivity contribution is 0.604. The van der Waals surface area contributed by atoms with Gasteiger partial charge in [0.2, 0.25) is 5.43 Å². The molecule has 3 rings (SSSR count). The smallest absolute Gasteiger partial charge is 0.200 e. The first-order valence-electron chi connectivity index (χ1n) is 4.56. The van der Waals surface area contributed by atoms with E-state index >= 15 is 0 Å². The number of benzene rings is 1. The van der Waals surface area contributed by atoms with Gasteiger partial charge in [-0.25, -0.2) is 0 Å². The van der Waals surface area contributed by atoms with Gasteiger partial charge >= 0.3 is 0 Å². The molecule has 2 heterocycles. The number of hydrogen-bond acceptors (Lipinski definition) is 5. The third-order valence-corrected chi connectivity index (χ3v) is 2.24. The number of tetrazole rings is 1. The first-order valence-corrected chi connectivity index (χ1v) is 4.56. The molecule has 1 aromatic carbocycles. The Morgan fingerprint density at radius 3 is 2.94 bits per heavy atom. The molecule has 0 N–H and O–H groups in total. The summed E-state index contributed by atoms with van der Waals surface area (Å²) in [6.45, 7) is 0. The molecule has 0 bridgehead atoms. The van der Waals surface area contributed by atoms with Crippen LogP contribution in [0.5, 0.6) is 0 Å². The van der Waals surface area contributed by atoms with E-state index in [0.717, 1.165) is 0 Å². The van der Waals surface area contributed by atoms with Gasteiger partial charge in [-0.05, 0) is 12.1 Å². The van der Waals surface area contributed by atoms with Gasteiger partial charge < -0.3 is 9.52 Å². The summed E-state index contributed by atoms with van der Waals surface area (Å²) in [6.07, 6.45) is 1.32. The molecule has 0 saturated heterocycles. The van der Waals surface area contributed by atoms with Crippen molar-refractivity contribution in [2.45, 2.75) is 0 Å². The number of aromatic nitrogens is 4. The molecule has 6 heteroatoms. The molecule has 3 aromatic rings. The van der Waals surface area contributed by atoms with E-state index in [9.17, 15) is 4.79 Å². The topological polar surface area (TPSA) is 83.0 Å². The SMILES string of the molecule is O=c1c(-c2nnn[n-]2)coc2ccccc12. The molecule has 0 unspecified atom stereocenters. The standard InChI is InChI=1S/C10H5N4O2/c15-9-6-3-1-2-4-8(6)16-5-7(9)10-11-13-14-12-10/h1-5H/q-1. The Morgan fingerprint density at radius 2 is 2.12 bits per heavy atom. The maximum Gasteiger partial charge on any atom is 0.200 e. The van der Waals surface area contributed by atoms with Crippen molar-refractivity contribution in [3.05, 3.63) is 40.8 Å². The van der Waals surface area contributed by atoms with Gasteiger partial charge in [0.25, 0.3) is 0 Å². The van der Waals surface area contributed by atoms with Crippen LogP contribution < -0.4 is 10.5 Å². The van der Waals surface area contributed by atoms with Gasteiger partial charge in [0.1, 0.15) is 11.8 Å². The third-order valence-electron chi connectivity index (χ3n) is 2.24. The van der Waals surface area contributed by atoms with Crippen LogP contribution in [0.4, 0.5) is 0 Å². The summed E-state index contributed by atoms with van der Waals surface area (Å²) < 4.78 is 5.31. The number of rotatable bonds is 1. The molecule has 0 atom stereocenters. The van der Waals surface area contributed by atoms with Crippen LogP contribution in [-0.4, -0.2) is 15.5 Å². The highest BCUT2D eigenvalue weighted by atomic mass is 16.3. The van der Waals surface area contributed by atoms with E-state index < -0.39 is 0 Å². The largest absolute Gasteiger partial charge is 0.463 e. The van der Waals surface area contributed by atoms with Gasteiger partial charge in [0.05, 0.1) is 10.9 Å². The maximum absolute atomic E-state index is 12.0. The lowest BCUT2D eigenvalue weighted by atomic mass is 10.2. The molecule has 2 aromatic heterocycles. The average molecular weight is 213 g/mol. The minimum Gasteiger partial charge on any atom is -0.463 e. The van der Waals surface area contributed by atoms with Gasteiger partial charge in [0, 0.05) is 5.82 Å². The monoisotopic (exact) mass is 213 g/mol. The van der Waals surface area contributed by atoms with Crippen LogP contribution >= 0.6 is 0 Å². The average Bonchev–Trinajstić information content (AvgIpc) is 2.83. The van der Waals surface area contributed by atoms with Crippen molar-refractivity contribution in [1.82, 2.24) is 20.6 Å². The van der Waals surface area contributed by atoms with E-state index in [0.29, 0.717) is 11.0 Å². The summed E-state index contributed by atoms with van der Waals surface area (Å²) in [5.74, 6) is 0.180. The molecule has 16 heavy (non-hydrogen) atoms. The normalized spacial score (nSPS) is 10.8. The quantitative estimate of drug-likeness (QED) is 0.588. The summed E-state index contributed by atoms with van der Waals surface area (Å²) in [5, 5.41) is 14.4. The lowest BCUT2D eigenvalue weighted by Crippen LogP contribution is -2.05. The first-order chi connectivity index (χ1) is 7.86. The fraction of sp³-hybridized carbons (Fsp3) is 0. The second kappa shape index (κ2) is 3.27. The molecule has 0 saturated carbocycles. The van der Waals surface area contributed by atoms with Gasteiger partial charge in [-0.1, -0.05) is 12.1 Å². The maximum atomic E-state index is 12.0. The van der Waals surface area contributed by atoms with Crippen LogP contribution in [0.2, 0.25) is 0 Å². The summed E-state index contributed by atoms with van der Waals surface area (Å²) >= 11 is 0.